The summed E-state index contributed by atoms with van der Waals surface area (Å²) in [6, 6.07) is 11.9. The quantitative estimate of drug-likeness (QED) is 0.808. The van der Waals surface area contributed by atoms with Crippen molar-refractivity contribution in [2.24, 2.45) is 0 Å². The number of hydrogen-bond acceptors (Lipinski definition) is 4. The molecule has 2 aromatic carbocycles. The number of halogens is 3. The van der Waals surface area contributed by atoms with E-state index in [1.54, 1.807) is 6.07 Å². The Morgan fingerprint density at radius 2 is 1.73 bits per heavy atom. The molecule has 1 N–H and O–H groups in total. The van der Waals surface area contributed by atoms with Gasteiger partial charge in [0.15, 0.2) is 0 Å². The Labute approximate surface area is 148 Å². The summed E-state index contributed by atoms with van der Waals surface area (Å²) in [6.07, 6.45) is -5.22. The number of nitrogens with one attached hydrogen (secondary N) is 1. The molecule has 2 aromatic rings. The largest absolute Gasteiger partial charge is 0.573 e. The lowest BCUT2D eigenvalue weighted by molar-refractivity contribution is -0.274. The van der Waals surface area contributed by atoms with Crippen molar-refractivity contribution in [3.8, 4) is 11.5 Å². The first-order valence-electron chi connectivity index (χ1n) is 7.63. The first-order valence-corrected chi connectivity index (χ1v) is 7.63. The van der Waals surface area contributed by atoms with E-state index in [2.05, 4.69) is 10.1 Å². The first kappa shape index (κ1) is 19.6. The van der Waals surface area contributed by atoms with Gasteiger partial charge in [-0.3, -0.25) is 4.79 Å². The molecule has 8 heteroatoms. The van der Waals surface area contributed by atoms with Crippen LogP contribution in [0.25, 0.3) is 0 Å². The zero-order valence-corrected chi connectivity index (χ0v) is 14.2. The van der Waals surface area contributed by atoms with E-state index in [4.69, 9.17) is 9.47 Å². The van der Waals surface area contributed by atoms with Gasteiger partial charge < -0.3 is 19.5 Å². The van der Waals surface area contributed by atoms with Crippen LogP contribution in [0.4, 0.5) is 13.2 Å². The van der Waals surface area contributed by atoms with Crippen LogP contribution in [-0.4, -0.2) is 33.0 Å². The van der Waals surface area contributed by atoms with Crippen LogP contribution < -0.4 is 14.8 Å². The minimum Gasteiger partial charge on any atom is -0.496 e. The van der Waals surface area contributed by atoms with Crippen LogP contribution >= 0.6 is 0 Å². The van der Waals surface area contributed by atoms with Gasteiger partial charge in [-0.15, -0.1) is 13.2 Å². The van der Waals surface area contributed by atoms with Crippen molar-refractivity contribution in [1.29, 1.82) is 0 Å². The average molecular weight is 369 g/mol. The van der Waals surface area contributed by atoms with Gasteiger partial charge in [0.25, 0.3) is 5.91 Å². The maximum absolute atomic E-state index is 12.2. The van der Waals surface area contributed by atoms with Gasteiger partial charge >= 0.3 is 6.36 Å². The van der Waals surface area contributed by atoms with Crippen LogP contribution in [0.3, 0.4) is 0 Å². The van der Waals surface area contributed by atoms with E-state index >= 15 is 0 Å². The third-order valence-electron chi connectivity index (χ3n) is 3.57. The standard InChI is InChI=1S/C18H18F3NO4/c1-24-15-6-4-3-5-14(15)16(25-2)11-22-17(23)12-7-9-13(10-8-12)26-18(19,20)21/h3-10,16H,11H2,1-2H3,(H,22,23). The minimum atomic E-state index is -4.77. The molecule has 0 aliphatic carbocycles. The smallest absolute Gasteiger partial charge is 0.496 e. The second-order valence-corrected chi connectivity index (χ2v) is 5.25. The number of rotatable bonds is 7. The van der Waals surface area contributed by atoms with E-state index < -0.39 is 24.1 Å². The van der Waals surface area contributed by atoms with Crippen molar-refractivity contribution in [2.75, 3.05) is 20.8 Å². The Kier molecular flexibility index (Phi) is 6.46. The summed E-state index contributed by atoms with van der Waals surface area (Å²) >= 11 is 0. The van der Waals surface area contributed by atoms with Gasteiger partial charge in [-0.25, -0.2) is 0 Å². The highest BCUT2D eigenvalue weighted by atomic mass is 19.4. The van der Waals surface area contributed by atoms with Crippen molar-refractivity contribution < 1.29 is 32.2 Å². The van der Waals surface area contributed by atoms with E-state index in [0.717, 1.165) is 17.7 Å². The van der Waals surface area contributed by atoms with Crippen LogP contribution in [0.2, 0.25) is 0 Å². The van der Waals surface area contributed by atoms with Crippen LogP contribution in [0.1, 0.15) is 22.0 Å². The van der Waals surface area contributed by atoms with Crippen LogP contribution in [0.5, 0.6) is 11.5 Å². The van der Waals surface area contributed by atoms with Crippen molar-refractivity contribution >= 4 is 5.91 Å². The molecule has 0 aliphatic heterocycles. The Hall–Kier alpha value is -2.74. The lowest BCUT2D eigenvalue weighted by Gasteiger charge is -2.19. The summed E-state index contributed by atoms with van der Waals surface area (Å²) in [5.41, 5.74) is 0.973. The van der Waals surface area contributed by atoms with Gasteiger partial charge in [0.2, 0.25) is 0 Å². The van der Waals surface area contributed by atoms with E-state index in [1.807, 2.05) is 18.2 Å². The van der Waals surface area contributed by atoms with E-state index in [0.29, 0.717) is 5.75 Å². The molecular formula is C18H18F3NO4. The predicted molar refractivity (Wildman–Crippen MR) is 88.2 cm³/mol. The number of carbonyl (C=O) groups is 1. The summed E-state index contributed by atoms with van der Waals surface area (Å²) in [5.74, 6) is -0.208. The number of carbonyl (C=O) groups excluding carboxylic acids is 1. The molecule has 0 saturated heterocycles. The second kappa shape index (κ2) is 8.57. The van der Waals surface area contributed by atoms with Gasteiger partial charge in [-0.2, -0.15) is 0 Å². The molecule has 0 fully saturated rings. The molecule has 2 rings (SSSR count). The molecule has 1 unspecified atom stereocenters. The highest BCUT2D eigenvalue weighted by Gasteiger charge is 2.31. The normalized spacial score (nSPS) is 12.3. The predicted octanol–water partition coefficient (Wildman–Crippen LogP) is 3.71. The zero-order valence-electron chi connectivity index (χ0n) is 14.2. The Balaban J connectivity index is 2.00. The number of hydrogen-bond donors (Lipinski definition) is 1. The maximum Gasteiger partial charge on any atom is 0.573 e. The lowest BCUT2D eigenvalue weighted by atomic mass is 10.1. The molecule has 0 aliphatic rings. The molecule has 0 aromatic heterocycles. The monoisotopic (exact) mass is 369 g/mol. The lowest BCUT2D eigenvalue weighted by Crippen LogP contribution is -2.29. The number of alkyl halides is 3. The molecule has 1 atom stereocenters. The molecule has 5 nitrogen and oxygen atoms in total. The summed E-state index contributed by atoms with van der Waals surface area (Å²) in [7, 11) is 3.04. The minimum absolute atomic E-state index is 0.163. The molecule has 26 heavy (non-hydrogen) atoms. The van der Waals surface area contributed by atoms with Crippen molar-refractivity contribution in [2.45, 2.75) is 12.5 Å². The van der Waals surface area contributed by atoms with Gasteiger partial charge in [-0.05, 0) is 30.3 Å². The molecule has 140 valence electrons. The number of para-hydroxylation sites is 1. The topological polar surface area (TPSA) is 56.8 Å². The molecule has 1 amide bonds. The van der Waals surface area contributed by atoms with Crippen molar-refractivity contribution in [3.05, 3.63) is 59.7 Å². The van der Waals surface area contributed by atoms with Crippen molar-refractivity contribution in [1.82, 2.24) is 5.32 Å². The van der Waals surface area contributed by atoms with Gasteiger partial charge in [0, 0.05) is 24.8 Å². The molecule has 0 heterocycles. The zero-order chi connectivity index (χ0) is 19.2. The Morgan fingerprint density at radius 3 is 2.31 bits per heavy atom. The molecule has 0 radical (unpaired) electrons. The highest BCUT2D eigenvalue weighted by Crippen LogP contribution is 2.26. The first-order chi connectivity index (χ1) is 12.3. The fraction of sp³-hybridized carbons (Fsp3) is 0.278. The fourth-order valence-electron chi connectivity index (χ4n) is 2.35. The number of benzene rings is 2. The maximum atomic E-state index is 12.2. The fourth-order valence-corrected chi connectivity index (χ4v) is 2.35. The van der Waals surface area contributed by atoms with Gasteiger partial charge in [-0.1, -0.05) is 18.2 Å². The molecule has 0 saturated carbocycles. The molecule has 0 bridgehead atoms. The van der Waals surface area contributed by atoms with E-state index in [9.17, 15) is 18.0 Å². The van der Waals surface area contributed by atoms with Crippen LogP contribution in [0, 0.1) is 0 Å². The summed E-state index contributed by atoms with van der Waals surface area (Å²) in [4.78, 5) is 12.2. The average Bonchev–Trinajstić information content (AvgIpc) is 2.61. The molecular weight excluding hydrogens is 351 g/mol. The summed E-state index contributed by atoms with van der Waals surface area (Å²) in [6.45, 7) is 0.163. The summed E-state index contributed by atoms with van der Waals surface area (Å²) in [5, 5.41) is 2.68. The number of ether oxygens (including phenoxy) is 3. The second-order valence-electron chi connectivity index (χ2n) is 5.25. The van der Waals surface area contributed by atoms with E-state index in [-0.39, 0.29) is 12.1 Å². The van der Waals surface area contributed by atoms with Crippen molar-refractivity contribution in [3.63, 3.8) is 0 Å². The third-order valence-corrected chi connectivity index (χ3v) is 3.57. The SMILES string of the molecule is COc1ccccc1C(CNC(=O)c1ccc(OC(F)(F)F)cc1)OC. The van der Waals surface area contributed by atoms with Crippen LogP contribution in [-0.2, 0) is 4.74 Å². The van der Waals surface area contributed by atoms with E-state index in [1.165, 1.54) is 26.4 Å². The molecule has 0 spiro atoms. The Bertz CT molecular complexity index is 732. The number of methoxy groups -OCH3 is 2. The number of amides is 1. The third kappa shape index (κ3) is 5.38. The Morgan fingerprint density at radius 1 is 1.08 bits per heavy atom. The van der Waals surface area contributed by atoms with Gasteiger partial charge in [0.05, 0.1) is 7.11 Å². The van der Waals surface area contributed by atoms with Crippen LogP contribution in [0.15, 0.2) is 48.5 Å². The van der Waals surface area contributed by atoms with Gasteiger partial charge in [0.1, 0.15) is 17.6 Å². The highest BCUT2D eigenvalue weighted by molar-refractivity contribution is 5.94. The summed E-state index contributed by atoms with van der Waals surface area (Å²) < 4.78 is 50.9.